The highest BCUT2D eigenvalue weighted by molar-refractivity contribution is 7.89. The monoisotopic (exact) mass is 337 g/mol. The largest absolute Gasteiger partial charge is 0.480 e. The summed E-state index contributed by atoms with van der Waals surface area (Å²) in [5, 5.41) is 9.24. The standard InChI is InChI=1S/C16H16FNO4S/c1-11-2-8-14(9-3-11)23(21,22)18-15(16(19)20)10-12-4-6-13(17)7-5-12/h2-9,15,18H,10H2,1H3,(H,19,20)/t15-/m0/s1. The van der Waals surface area contributed by atoms with Gasteiger partial charge in [-0.05, 0) is 43.2 Å². The fourth-order valence-electron chi connectivity index (χ4n) is 2.01. The van der Waals surface area contributed by atoms with E-state index in [4.69, 9.17) is 0 Å². The first-order valence-electron chi connectivity index (χ1n) is 6.84. The Kier molecular flexibility index (Phi) is 5.12. The van der Waals surface area contributed by atoms with Crippen molar-refractivity contribution in [2.24, 2.45) is 0 Å². The maximum Gasteiger partial charge on any atom is 0.322 e. The van der Waals surface area contributed by atoms with Crippen molar-refractivity contribution in [3.05, 3.63) is 65.5 Å². The third-order valence-electron chi connectivity index (χ3n) is 3.28. The molecule has 0 unspecified atom stereocenters. The van der Waals surface area contributed by atoms with Crippen LogP contribution in [0.3, 0.4) is 0 Å². The van der Waals surface area contributed by atoms with Crippen LogP contribution in [-0.2, 0) is 21.2 Å². The van der Waals surface area contributed by atoms with Crippen molar-refractivity contribution in [1.82, 2.24) is 4.72 Å². The Morgan fingerprint density at radius 2 is 1.70 bits per heavy atom. The maximum atomic E-state index is 12.9. The molecule has 1 atom stereocenters. The normalized spacial score (nSPS) is 12.8. The molecular formula is C16H16FNO4S. The smallest absolute Gasteiger partial charge is 0.322 e. The van der Waals surface area contributed by atoms with Crippen LogP contribution in [0, 0.1) is 12.7 Å². The molecule has 2 rings (SSSR count). The highest BCUT2D eigenvalue weighted by Gasteiger charge is 2.25. The molecule has 2 N–H and O–H groups in total. The lowest BCUT2D eigenvalue weighted by molar-refractivity contribution is -0.138. The Morgan fingerprint density at radius 3 is 2.22 bits per heavy atom. The lowest BCUT2D eigenvalue weighted by Crippen LogP contribution is -2.42. The Hall–Kier alpha value is -2.25. The van der Waals surface area contributed by atoms with Gasteiger partial charge >= 0.3 is 5.97 Å². The van der Waals surface area contributed by atoms with E-state index >= 15 is 0 Å². The molecule has 122 valence electrons. The van der Waals surface area contributed by atoms with E-state index in [-0.39, 0.29) is 11.3 Å². The number of aliphatic carboxylic acids is 1. The van der Waals surface area contributed by atoms with Gasteiger partial charge in [-0.15, -0.1) is 0 Å². The van der Waals surface area contributed by atoms with Gasteiger partial charge in [0.2, 0.25) is 10.0 Å². The first-order chi connectivity index (χ1) is 10.8. The minimum absolute atomic E-state index is 0.00606. The number of aryl methyl sites for hydroxylation is 1. The van der Waals surface area contributed by atoms with Crippen LogP contribution in [0.5, 0.6) is 0 Å². The number of nitrogens with one attached hydrogen (secondary N) is 1. The van der Waals surface area contributed by atoms with Crippen molar-refractivity contribution in [2.45, 2.75) is 24.3 Å². The predicted octanol–water partition coefficient (Wildman–Crippen LogP) is 2.11. The van der Waals surface area contributed by atoms with Crippen LogP contribution in [0.15, 0.2) is 53.4 Å². The molecule has 0 aliphatic carbocycles. The van der Waals surface area contributed by atoms with E-state index in [2.05, 4.69) is 4.72 Å². The van der Waals surface area contributed by atoms with Crippen molar-refractivity contribution < 1.29 is 22.7 Å². The van der Waals surface area contributed by atoms with Crippen molar-refractivity contribution >= 4 is 16.0 Å². The summed E-state index contributed by atoms with van der Waals surface area (Å²) in [4.78, 5) is 11.3. The summed E-state index contributed by atoms with van der Waals surface area (Å²) in [6, 6.07) is 9.98. The molecule has 2 aromatic carbocycles. The van der Waals surface area contributed by atoms with Gasteiger partial charge in [-0.1, -0.05) is 29.8 Å². The van der Waals surface area contributed by atoms with Crippen LogP contribution in [0.1, 0.15) is 11.1 Å². The average Bonchev–Trinajstić information content (AvgIpc) is 2.49. The molecule has 2 aromatic rings. The second kappa shape index (κ2) is 6.89. The number of carboxylic acids is 1. The Labute approximate surface area is 133 Å². The zero-order valence-corrected chi connectivity index (χ0v) is 13.2. The second-order valence-electron chi connectivity index (χ2n) is 5.16. The van der Waals surface area contributed by atoms with Crippen molar-refractivity contribution in [2.75, 3.05) is 0 Å². The summed E-state index contributed by atoms with van der Waals surface area (Å²) >= 11 is 0. The number of sulfonamides is 1. The fourth-order valence-corrected chi connectivity index (χ4v) is 3.20. The molecule has 23 heavy (non-hydrogen) atoms. The summed E-state index contributed by atoms with van der Waals surface area (Å²) in [6.45, 7) is 1.82. The first kappa shape index (κ1) is 17.1. The Bertz CT molecular complexity index is 786. The van der Waals surface area contributed by atoms with E-state index in [9.17, 15) is 22.7 Å². The predicted molar refractivity (Wildman–Crippen MR) is 83.0 cm³/mol. The number of rotatable bonds is 6. The van der Waals surface area contributed by atoms with Gasteiger partial charge in [0.15, 0.2) is 0 Å². The first-order valence-corrected chi connectivity index (χ1v) is 8.32. The van der Waals surface area contributed by atoms with Gasteiger partial charge in [0, 0.05) is 0 Å². The molecule has 0 heterocycles. The number of hydrogen-bond acceptors (Lipinski definition) is 3. The molecule has 0 spiro atoms. The summed E-state index contributed by atoms with van der Waals surface area (Å²) in [6.07, 6.45) is -0.0826. The summed E-state index contributed by atoms with van der Waals surface area (Å²) < 4.78 is 39.6. The minimum Gasteiger partial charge on any atom is -0.480 e. The van der Waals surface area contributed by atoms with Crippen molar-refractivity contribution in [1.29, 1.82) is 0 Å². The van der Waals surface area contributed by atoms with Crippen LogP contribution in [0.2, 0.25) is 0 Å². The van der Waals surface area contributed by atoms with Crippen LogP contribution in [-0.4, -0.2) is 25.5 Å². The summed E-state index contributed by atoms with van der Waals surface area (Å²) in [5.41, 5.74) is 1.41. The second-order valence-corrected chi connectivity index (χ2v) is 6.87. The van der Waals surface area contributed by atoms with Gasteiger partial charge in [-0.25, -0.2) is 12.8 Å². The van der Waals surface area contributed by atoms with E-state index in [1.54, 1.807) is 12.1 Å². The molecule has 0 aromatic heterocycles. The molecule has 0 radical (unpaired) electrons. The van der Waals surface area contributed by atoms with E-state index in [1.807, 2.05) is 6.92 Å². The summed E-state index contributed by atoms with van der Waals surface area (Å²) in [5.74, 6) is -1.74. The molecule has 0 fully saturated rings. The van der Waals surface area contributed by atoms with Gasteiger partial charge in [-0.3, -0.25) is 4.79 Å². The van der Waals surface area contributed by atoms with Crippen molar-refractivity contribution in [3.8, 4) is 0 Å². The lowest BCUT2D eigenvalue weighted by Gasteiger charge is -2.15. The number of carbonyl (C=O) groups is 1. The number of hydrogen-bond donors (Lipinski definition) is 2. The summed E-state index contributed by atoms with van der Waals surface area (Å²) in [7, 11) is -3.95. The van der Waals surface area contributed by atoms with Crippen molar-refractivity contribution in [3.63, 3.8) is 0 Å². The lowest BCUT2D eigenvalue weighted by atomic mass is 10.1. The molecular weight excluding hydrogens is 321 g/mol. The molecule has 5 nitrogen and oxygen atoms in total. The quantitative estimate of drug-likeness (QED) is 0.846. The average molecular weight is 337 g/mol. The topological polar surface area (TPSA) is 83.5 Å². The van der Waals surface area contributed by atoms with Crippen LogP contribution >= 0.6 is 0 Å². The molecule has 0 aliphatic rings. The number of carboxylic acid groups (broad SMARTS) is 1. The van der Waals surface area contributed by atoms with Gasteiger partial charge in [0.05, 0.1) is 4.90 Å². The van der Waals surface area contributed by atoms with E-state index in [0.717, 1.165) is 5.56 Å². The van der Waals surface area contributed by atoms with Gasteiger partial charge in [0.25, 0.3) is 0 Å². The molecule has 0 amide bonds. The number of halogens is 1. The SMILES string of the molecule is Cc1ccc(S(=O)(=O)N[C@@H](Cc2ccc(F)cc2)C(=O)O)cc1. The highest BCUT2D eigenvalue weighted by atomic mass is 32.2. The van der Waals surface area contributed by atoms with E-state index < -0.39 is 27.9 Å². The minimum atomic E-state index is -3.95. The fraction of sp³-hybridized carbons (Fsp3) is 0.188. The zero-order valence-electron chi connectivity index (χ0n) is 12.4. The molecule has 0 bridgehead atoms. The molecule has 0 aliphatic heterocycles. The highest BCUT2D eigenvalue weighted by Crippen LogP contribution is 2.13. The Morgan fingerprint density at radius 1 is 1.13 bits per heavy atom. The van der Waals surface area contributed by atoms with E-state index in [0.29, 0.717) is 5.56 Å². The van der Waals surface area contributed by atoms with Gasteiger partial charge in [0.1, 0.15) is 11.9 Å². The molecule has 7 heteroatoms. The van der Waals surface area contributed by atoms with Crippen LogP contribution < -0.4 is 4.72 Å². The molecule has 0 saturated carbocycles. The Balaban J connectivity index is 2.20. The maximum absolute atomic E-state index is 12.9. The zero-order chi connectivity index (χ0) is 17.0. The third-order valence-corrected chi connectivity index (χ3v) is 4.77. The third kappa shape index (κ3) is 4.61. The molecule has 0 saturated heterocycles. The van der Waals surface area contributed by atoms with E-state index in [1.165, 1.54) is 36.4 Å². The van der Waals surface area contributed by atoms with Gasteiger partial charge in [-0.2, -0.15) is 4.72 Å². The van der Waals surface area contributed by atoms with Crippen LogP contribution in [0.4, 0.5) is 4.39 Å². The van der Waals surface area contributed by atoms with Gasteiger partial charge < -0.3 is 5.11 Å². The van der Waals surface area contributed by atoms with Crippen LogP contribution in [0.25, 0.3) is 0 Å². The number of benzene rings is 2.